The molecule has 7 nitrogen and oxygen atoms in total. The Hall–Kier alpha value is -2.57. The van der Waals surface area contributed by atoms with Crippen molar-refractivity contribution in [3.05, 3.63) is 30.1 Å². The summed E-state index contributed by atoms with van der Waals surface area (Å²) < 4.78 is 0. The van der Waals surface area contributed by atoms with E-state index < -0.39 is 23.8 Å². The maximum absolute atomic E-state index is 12.8. The number of nitrogens with zero attached hydrogens (tertiary/aromatic N) is 3. The molecule has 0 bridgehead atoms. The number of aromatic nitrogens is 1. The van der Waals surface area contributed by atoms with Crippen LogP contribution in [0.4, 0.5) is 4.79 Å². The van der Waals surface area contributed by atoms with E-state index in [1.807, 2.05) is 12.1 Å². The summed E-state index contributed by atoms with van der Waals surface area (Å²) in [5, 5.41) is 2.32. The van der Waals surface area contributed by atoms with Crippen LogP contribution in [0.2, 0.25) is 0 Å². The summed E-state index contributed by atoms with van der Waals surface area (Å²) in [6, 6.07) is 2.97. The Morgan fingerprint density at radius 3 is 2.72 bits per heavy atom. The number of rotatable bonds is 4. The number of carbonyl (C=O) groups is 3. The lowest BCUT2D eigenvalue weighted by Crippen LogP contribution is -2.62. The molecule has 0 aromatic carbocycles. The van der Waals surface area contributed by atoms with Crippen molar-refractivity contribution in [2.24, 2.45) is 10.9 Å². The van der Waals surface area contributed by atoms with Crippen LogP contribution in [0.25, 0.3) is 0 Å². The number of hydrogen-bond donors (Lipinski definition) is 1. The predicted octanol–water partition coefficient (Wildman–Crippen LogP) is 2.07. The van der Waals surface area contributed by atoms with Gasteiger partial charge in [0.1, 0.15) is 0 Å². The third-order valence-corrected chi connectivity index (χ3v) is 4.79. The number of pyridine rings is 1. The van der Waals surface area contributed by atoms with E-state index in [1.165, 1.54) is 4.90 Å². The van der Waals surface area contributed by atoms with Crippen molar-refractivity contribution in [2.75, 3.05) is 0 Å². The fourth-order valence-corrected chi connectivity index (χ4v) is 3.44. The minimum atomic E-state index is -1.03. The van der Waals surface area contributed by atoms with Crippen LogP contribution in [0.3, 0.4) is 0 Å². The van der Waals surface area contributed by atoms with Gasteiger partial charge in [-0.05, 0) is 31.4 Å². The molecule has 1 aromatic rings. The lowest BCUT2D eigenvalue weighted by Gasteiger charge is -2.37. The molecule has 1 aliphatic carbocycles. The number of amides is 4. The maximum Gasteiger partial charge on any atom is 0.331 e. The fraction of sp³-hybridized carbons (Fsp3) is 0.500. The molecule has 1 saturated heterocycles. The number of hydrogen-bond acceptors (Lipinski definition) is 5. The lowest BCUT2D eigenvalue weighted by atomic mass is 9.91. The van der Waals surface area contributed by atoms with Crippen LogP contribution >= 0.6 is 0 Å². The van der Waals surface area contributed by atoms with Crippen molar-refractivity contribution in [2.45, 2.75) is 51.6 Å². The molecule has 2 fully saturated rings. The molecule has 25 heavy (non-hydrogen) atoms. The van der Waals surface area contributed by atoms with Gasteiger partial charge < -0.3 is 0 Å². The van der Waals surface area contributed by atoms with Gasteiger partial charge in [-0.15, -0.1) is 0 Å². The van der Waals surface area contributed by atoms with Crippen molar-refractivity contribution >= 4 is 23.6 Å². The van der Waals surface area contributed by atoms with Gasteiger partial charge in [-0.3, -0.25) is 29.8 Å². The second-order valence-electron chi connectivity index (χ2n) is 6.55. The molecule has 0 spiro atoms. The first kappa shape index (κ1) is 17.3. The Morgan fingerprint density at radius 2 is 2.04 bits per heavy atom. The molecule has 4 amide bonds. The predicted molar refractivity (Wildman–Crippen MR) is 91.8 cm³/mol. The van der Waals surface area contributed by atoms with E-state index >= 15 is 0 Å². The van der Waals surface area contributed by atoms with Crippen molar-refractivity contribution < 1.29 is 14.4 Å². The van der Waals surface area contributed by atoms with Crippen LogP contribution in [0, 0.1) is 5.92 Å². The first-order valence-electron chi connectivity index (χ1n) is 8.65. The fourth-order valence-electron chi connectivity index (χ4n) is 3.44. The van der Waals surface area contributed by atoms with Gasteiger partial charge in [0.25, 0.3) is 0 Å². The van der Waals surface area contributed by atoms with E-state index in [2.05, 4.69) is 15.3 Å². The van der Waals surface area contributed by atoms with Crippen LogP contribution in [-0.2, 0) is 16.1 Å². The summed E-state index contributed by atoms with van der Waals surface area (Å²) in [6.45, 7) is 2.00. The lowest BCUT2D eigenvalue weighted by molar-refractivity contribution is -0.141. The van der Waals surface area contributed by atoms with Gasteiger partial charge in [0.05, 0.1) is 6.54 Å². The Labute approximate surface area is 146 Å². The molecule has 132 valence electrons. The van der Waals surface area contributed by atoms with E-state index in [9.17, 15) is 14.4 Å². The van der Waals surface area contributed by atoms with Gasteiger partial charge >= 0.3 is 6.03 Å². The Bertz CT molecular complexity index is 696. The molecular formula is C18H22N4O3. The van der Waals surface area contributed by atoms with Gasteiger partial charge in [-0.2, -0.15) is 0 Å². The maximum atomic E-state index is 12.8. The first-order valence-corrected chi connectivity index (χ1v) is 8.65. The average molecular weight is 342 g/mol. The molecule has 0 radical (unpaired) electrons. The Morgan fingerprint density at radius 1 is 1.28 bits per heavy atom. The third-order valence-electron chi connectivity index (χ3n) is 4.79. The van der Waals surface area contributed by atoms with E-state index in [-0.39, 0.29) is 6.04 Å². The Balaban J connectivity index is 1.77. The van der Waals surface area contributed by atoms with Crippen molar-refractivity contribution in [1.29, 1.82) is 0 Å². The van der Waals surface area contributed by atoms with Gasteiger partial charge in [0, 0.05) is 24.1 Å². The summed E-state index contributed by atoms with van der Waals surface area (Å²) >= 11 is 0. The summed E-state index contributed by atoms with van der Waals surface area (Å²) in [7, 11) is 0. The van der Waals surface area contributed by atoms with Gasteiger partial charge in [0.2, 0.25) is 11.8 Å². The minimum absolute atomic E-state index is 0.122. The molecule has 1 atom stereocenters. The van der Waals surface area contributed by atoms with E-state index in [0.29, 0.717) is 12.3 Å². The second-order valence-corrected chi connectivity index (χ2v) is 6.55. The smallest absolute Gasteiger partial charge is 0.288 e. The van der Waals surface area contributed by atoms with E-state index in [0.717, 1.165) is 37.7 Å². The molecular weight excluding hydrogens is 320 g/mol. The van der Waals surface area contributed by atoms with Gasteiger partial charge in [0.15, 0.2) is 5.92 Å². The van der Waals surface area contributed by atoms with Crippen LogP contribution < -0.4 is 5.32 Å². The molecule has 2 aliphatic rings. The highest BCUT2D eigenvalue weighted by molar-refractivity contribution is 6.27. The number of barbiturate groups is 1. The molecule has 2 heterocycles. The number of urea groups is 1. The van der Waals surface area contributed by atoms with Crippen LogP contribution in [0.5, 0.6) is 0 Å². The molecule has 1 unspecified atom stereocenters. The number of nitrogens with one attached hydrogen (secondary N) is 1. The zero-order valence-electron chi connectivity index (χ0n) is 14.3. The molecule has 1 N–H and O–H groups in total. The number of carbonyl (C=O) groups excluding carboxylic acids is 3. The summed E-state index contributed by atoms with van der Waals surface area (Å²) in [5.74, 6) is -2.07. The monoisotopic (exact) mass is 342 g/mol. The van der Waals surface area contributed by atoms with Crippen molar-refractivity contribution in [1.82, 2.24) is 15.2 Å². The second kappa shape index (κ2) is 7.55. The van der Waals surface area contributed by atoms with E-state index in [4.69, 9.17) is 0 Å². The Kier molecular flexibility index (Phi) is 5.21. The van der Waals surface area contributed by atoms with Crippen LogP contribution in [0.1, 0.15) is 44.6 Å². The van der Waals surface area contributed by atoms with Crippen molar-refractivity contribution in [3.8, 4) is 0 Å². The largest absolute Gasteiger partial charge is 0.331 e. The summed E-state index contributed by atoms with van der Waals surface area (Å²) in [5.41, 5.74) is 1.31. The first-order chi connectivity index (χ1) is 12.1. The van der Waals surface area contributed by atoms with Crippen LogP contribution in [-0.4, -0.2) is 39.5 Å². The zero-order valence-corrected chi connectivity index (χ0v) is 14.3. The SMILES string of the molecule is CC(=NCc1cccnc1)C1C(=O)NC(=O)N(C2CCCCC2)C1=O. The van der Waals surface area contributed by atoms with Crippen molar-refractivity contribution in [3.63, 3.8) is 0 Å². The highest BCUT2D eigenvalue weighted by atomic mass is 16.2. The zero-order chi connectivity index (χ0) is 17.8. The molecule has 3 rings (SSSR count). The molecule has 7 heteroatoms. The minimum Gasteiger partial charge on any atom is -0.288 e. The topological polar surface area (TPSA) is 91.7 Å². The normalized spacial score (nSPS) is 22.9. The third kappa shape index (κ3) is 3.75. The standard InChI is InChI=1S/C18H22N4O3/c1-12(20-11-13-6-5-9-19-10-13)15-16(23)21-18(25)22(17(15)24)14-7-3-2-4-8-14/h5-6,9-10,14-15H,2-4,7-8,11H2,1H3,(H,21,23,25). The highest BCUT2D eigenvalue weighted by Crippen LogP contribution is 2.26. The molecule has 1 aliphatic heterocycles. The quantitative estimate of drug-likeness (QED) is 0.670. The molecule has 1 aromatic heterocycles. The van der Waals surface area contributed by atoms with Crippen LogP contribution in [0.15, 0.2) is 29.5 Å². The van der Waals surface area contributed by atoms with E-state index in [1.54, 1.807) is 19.3 Å². The van der Waals surface area contributed by atoms with Gasteiger partial charge in [-0.25, -0.2) is 4.79 Å². The number of aliphatic imine (C=N–C) groups is 1. The summed E-state index contributed by atoms with van der Waals surface area (Å²) in [4.78, 5) is 46.9. The molecule has 1 saturated carbocycles. The number of imide groups is 2. The highest BCUT2D eigenvalue weighted by Gasteiger charge is 2.44. The van der Waals surface area contributed by atoms with Gasteiger partial charge in [-0.1, -0.05) is 25.3 Å². The summed E-state index contributed by atoms with van der Waals surface area (Å²) in [6.07, 6.45) is 8.07. The average Bonchev–Trinajstić information content (AvgIpc) is 2.61.